The van der Waals surface area contributed by atoms with Gasteiger partial charge in [0, 0.05) is 31.5 Å². The first-order chi connectivity index (χ1) is 10.1. The number of benzene rings is 1. The van der Waals surface area contributed by atoms with Crippen LogP contribution in [0.1, 0.15) is 31.1 Å². The fourth-order valence-electron chi connectivity index (χ4n) is 3.17. The van der Waals surface area contributed by atoms with Gasteiger partial charge in [-0.2, -0.15) is 0 Å². The molecule has 0 saturated heterocycles. The molecule has 6 heteroatoms. The number of imidazole rings is 1. The molecular formula is C15H17BrClFN2O. The third-order valence-electron chi connectivity index (χ3n) is 4.18. The second-order valence-corrected chi connectivity index (χ2v) is 6.65. The Morgan fingerprint density at radius 3 is 2.95 bits per heavy atom. The number of alkyl halides is 1. The van der Waals surface area contributed by atoms with Crippen LogP contribution < -0.4 is 0 Å². The molecule has 1 aromatic carbocycles. The fourth-order valence-corrected chi connectivity index (χ4v) is 3.67. The normalized spacial score (nSPS) is 22.3. The van der Waals surface area contributed by atoms with Gasteiger partial charge >= 0.3 is 0 Å². The molecule has 1 heterocycles. The summed E-state index contributed by atoms with van der Waals surface area (Å²) >= 11 is 9.17. The lowest BCUT2D eigenvalue weighted by Crippen LogP contribution is -2.12. The molecule has 0 N–H and O–H groups in total. The lowest BCUT2D eigenvalue weighted by molar-refractivity contribution is 0.106. The molecule has 0 amide bonds. The van der Waals surface area contributed by atoms with Crippen LogP contribution in [0.3, 0.4) is 0 Å². The van der Waals surface area contributed by atoms with E-state index in [1.807, 2.05) is 6.07 Å². The predicted molar refractivity (Wildman–Crippen MR) is 85.5 cm³/mol. The van der Waals surface area contributed by atoms with E-state index in [-0.39, 0.29) is 5.82 Å². The van der Waals surface area contributed by atoms with E-state index in [2.05, 4.69) is 25.5 Å². The first-order valence-electron chi connectivity index (χ1n) is 7.08. The van der Waals surface area contributed by atoms with Crippen LogP contribution in [0.25, 0.3) is 11.0 Å². The minimum atomic E-state index is -0.286. The van der Waals surface area contributed by atoms with Crippen molar-refractivity contribution in [3.63, 3.8) is 0 Å². The maximum absolute atomic E-state index is 13.7. The molecule has 1 fully saturated rings. The topological polar surface area (TPSA) is 27.1 Å². The van der Waals surface area contributed by atoms with E-state index in [0.29, 0.717) is 34.4 Å². The monoisotopic (exact) mass is 374 g/mol. The zero-order chi connectivity index (χ0) is 15.0. The van der Waals surface area contributed by atoms with Gasteiger partial charge in [-0.05, 0) is 41.3 Å². The van der Waals surface area contributed by atoms with E-state index in [0.717, 1.165) is 30.6 Å². The molecule has 1 aliphatic rings. The largest absolute Gasteiger partial charge is 0.381 e. The summed E-state index contributed by atoms with van der Waals surface area (Å²) in [6.45, 7) is 0. The first kappa shape index (κ1) is 15.3. The number of methoxy groups -OCH3 is 1. The third-order valence-corrected chi connectivity index (χ3v) is 4.97. The number of fused-ring (bicyclic) bond motifs is 1. The van der Waals surface area contributed by atoms with Crippen molar-refractivity contribution in [2.24, 2.45) is 0 Å². The summed E-state index contributed by atoms with van der Waals surface area (Å²) in [5.74, 6) is 1.15. The van der Waals surface area contributed by atoms with Gasteiger partial charge in [-0.1, -0.05) is 0 Å². The lowest BCUT2D eigenvalue weighted by Gasteiger charge is -2.17. The number of ether oxygens (including phenoxy) is 1. The Morgan fingerprint density at radius 2 is 2.29 bits per heavy atom. The Bertz CT molecular complexity index is 661. The van der Waals surface area contributed by atoms with Crippen LogP contribution in [0.5, 0.6) is 0 Å². The van der Waals surface area contributed by atoms with Crippen LogP contribution in [0, 0.1) is 5.82 Å². The summed E-state index contributed by atoms with van der Waals surface area (Å²) in [7, 11) is 1.75. The molecular weight excluding hydrogens is 359 g/mol. The average Bonchev–Trinajstić information content (AvgIpc) is 3.04. The van der Waals surface area contributed by atoms with E-state index < -0.39 is 0 Å². The van der Waals surface area contributed by atoms with Gasteiger partial charge in [0.15, 0.2) is 0 Å². The van der Waals surface area contributed by atoms with E-state index in [1.165, 1.54) is 6.07 Å². The van der Waals surface area contributed by atoms with Crippen LogP contribution in [0.15, 0.2) is 16.6 Å². The van der Waals surface area contributed by atoms with Crippen LogP contribution in [0.2, 0.25) is 0 Å². The highest BCUT2D eigenvalue weighted by atomic mass is 79.9. The zero-order valence-corrected chi connectivity index (χ0v) is 14.1. The molecule has 1 aromatic heterocycles. The maximum atomic E-state index is 13.7. The SMILES string of the molecule is COC1CCC(n2c(CCCl)nc3cc(F)c(Br)cc32)C1. The predicted octanol–water partition coefficient (Wildman–Crippen LogP) is 4.46. The van der Waals surface area contributed by atoms with Gasteiger partial charge in [0.2, 0.25) is 0 Å². The fraction of sp³-hybridized carbons (Fsp3) is 0.533. The van der Waals surface area contributed by atoms with Crippen molar-refractivity contribution in [3.05, 3.63) is 28.2 Å². The molecule has 3 nitrogen and oxygen atoms in total. The Labute approximate surface area is 136 Å². The smallest absolute Gasteiger partial charge is 0.139 e. The van der Waals surface area contributed by atoms with Crippen LogP contribution >= 0.6 is 27.5 Å². The number of nitrogens with zero attached hydrogens (tertiary/aromatic N) is 2. The van der Waals surface area contributed by atoms with Gasteiger partial charge in [-0.25, -0.2) is 9.37 Å². The van der Waals surface area contributed by atoms with E-state index in [4.69, 9.17) is 16.3 Å². The van der Waals surface area contributed by atoms with Crippen molar-refractivity contribution in [3.8, 4) is 0 Å². The van der Waals surface area contributed by atoms with E-state index >= 15 is 0 Å². The standard InChI is InChI=1S/C15H17BrClFN2O/c1-21-10-3-2-9(6-10)20-14-7-11(16)12(18)8-13(14)19-15(20)4-5-17/h7-10H,2-6H2,1H3. The third kappa shape index (κ3) is 2.83. The number of aryl methyl sites for hydroxylation is 1. The number of aromatic nitrogens is 2. The van der Waals surface area contributed by atoms with Crippen molar-refractivity contribution < 1.29 is 9.13 Å². The molecule has 0 bridgehead atoms. The summed E-state index contributed by atoms with van der Waals surface area (Å²) in [6, 6.07) is 3.64. The number of hydrogen-bond donors (Lipinski definition) is 0. The van der Waals surface area contributed by atoms with Gasteiger partial charge in [0.25, 0.3) is 0 Å². The summed E-state index contributed by atoms with van der Waals surface area (Å²) in [6.07, 6.45) is 4.04. The summed E-state index contributed by atoms with van der Waals surface area (Å²) < 4.78 is 21.9. The summed E-state index contributed by atoms with van der Waals surface area (Å²) in [5, 5.41) is 0. The van der Waals surface area contributed by atoms with E-state index in [9.17, 15) is 4.39 Å². The van der Waals surface area contributed by atoms with Gasteiger partial charge in [0.1, 0.15) is 11.6 Å². The minimum Gasteiger partial charge on any atom is -0.381 e. The maximum Gasteiger partial charge on any atom is 0.139 e. The van der Waals surface area contributed by atoms with Crippen molar-refractivity contribution in [1.82, 2.24) is 9.55 Å². The minimum absolute atomic E-state index is 0.286. The molecule has 2 aromatic rings. The lowest BCUT2D eigenvalue weighted by atomic mass is 10.2. The van der Waals surface area contributed by atoms with Gasteiger partial charge in [-0.15, -0.1) is 11.6 Å². The Hall–Kier alpha value is -0.650. The molecule has 21 heavy (non-hydrogen) atoms. The summed E-state index contributed by atoms with van der Waals surface area (Å²) in [5.41, 5.74) is 1.65. The second-order valence-electron chi connectivity index (χ2n) is 5.42. The van der Waals surface area contributed by atoms with Crippen molar-refractivity contribution in [2.75, 3.05) is 13.0 Å². The van der Waals surface area contributed by atoms with Crippen LogP contribution in [0.4, 0.5) is 4.39 Å². The van der Waals surface area contributed by atoms with Gasteiger partial charge < -0.3 is 9.30 Å². The molecule has 1 saturated carbocycles. The molecule has 0 spiro atoms. The molecule has 2 atom stereocenters. The molecule has 2 unspecified atom stereocenters. The van der Waals surface area contributed by atoms with Crippen LogP contribution in [-0.4, -0.2) is 28.6 Å². The quantitative estimate of drug-likeness (QED) is 0.738. The average molecular weight is 376 g/mol. The number of halogens is 3. The van der Waals surface area contributed by atoms with Gasteiger partial charge in [-0.3, -0.25) is 0 Å². The Balaban J connectivity index is 2.09. The highest BCUT2D eigenvalue weighted by Gasteiger charge is 2.29. The van der Waals surface area contributed by atoms with Gasteiger partial charge in [0.05, 0.1) is 21.6 Å². The Kier molecular flexibility index (Phi) is 4.52. The van der Waals surface area contributed by atoms with Crippen molar-refractivity contribution in [1.29, 1.82) is 0 Å². The van der Waals surface area contributed by atoms with Crippen LogP contribution in [-0.2, 0) is 11.2 Å². The molecule has 114 valence electrons. The van der Waals surface area contributed by atoms with Crippen molar-refractivity contribution >= 4 is 38.6 Å². The molecule has 1 aliphatic carbocycles. The number of hydrogen-bond acceptors (Lipinski definition) is 2. The Morgan fingerprint density at radius 1 is 1.48 bits per heavy atom. The van der Waals surface area contributed by atoms with Crippen molar-refractivity contribution in [2.45, 2.75) is 37.8 Å². The second kappa shape index (κ2) is 6.23. The molecule has 3 rings (SSSR count). The first-order valence-corrected chi connectivity index (χ1v) is 8.41. The highest BCUT2D eigenvalue weighted by molar-refractivity contribution is 9.10. The summed E-state index contributed by atoms with van der Waals surface area (Å²) in [4.78, 5) is 4.58. The highest BCUT2D eigenvalue weighted by Crippen LogP contribution is 2.36. The van der Waals surface area contributed by atoms with E-state index in [1.54, 1.807) is 7.11 Å². The number of rotatable bonds is 4. The molecule has 0 aliphatic heterocycles. The molecule has 0 radical (unpaired) electrons. The zero-order valence-electron chi connectivity index (χ0n) is 11.8.